The fourth-order valence-electron chi connectivity index (χ4n) is 1.50. The maximum Gasteiger partial charge on any atom is 0.325 e. The van der Waals surface area contributed by atoms with Crippen LogP contribution in [-0.4, -0.2) is 20.5 Å². The molecule has 0 radical (unpaired) electrons. The zero-order valence-electron chi connectivity index (χ0n) is 9.62. The van der Waals surface area contributed by atoms with Crippen LogP contribution in [0.25, 0.3) is 0 Å². The maximum atomic E-state index is 10.6. The van der Waals surface area contributed by atoms with Crippen molar-refractivity contribution in [3.05, 3.63) is 18.7 Å². The summed E-state index contributed by atoms with van der Waals surface area (Å²) in [6, 6.07) is 0. The second-order valence-electron chi connectivity index (χ2n) is 3.98. The largest absolute Gasteiger partial charge is 0.325 e. The molecule has 1 heterocycles. The van der Waals surface area contributed by atoms with Crippen LogP contribution in [0.2, 0.25) is 0 Å². The normalized spacial score (nSPS) is 11.9. The number of imidazole rings is 1. The molecule has 16 heavy (non-hydrogen) atoms. The van der Waals surface area contributed by atoms with E-state index in [1.165, 1.54) is 0 Å². The highest BCUT2D eigenvalue weighted by molar-refractivity contribution is 7.51. The number of hydrogen-bond donors (Lipinski definition) is 2. The van der Waals surface area contributed by atoms with Gasteiger partial charge in [0.1, 0.15) is 12.4 Å². The lowest BCUT2D eigenvalue weighted by molar-refractivity contribution is -0.696. The van der Waals surface area contributed by atoms with Gasteiger partial charge in [-0.05, 0) is 12.8 Å². The Balaban J connectivity index is 2.32. The molecule has 0 aromatic carbocycles. The van der Waals surface area contributed by atoms with Crippen molar-refractivity contribution in [1.82, 2.24) is 4.57 Å². The van der Waals surface area contributed by atoms with Crippen LogP contribution in [0, 0.1) is 0 Å². The Morgan fingerprint density at radius 3 is 2.75 bits per heavy atom. The number of rotatable bonds is 7. The first-order valence-corrected chi connectivity index (χ1v) is 7.40. The Morgan fingerprint density at radius 2 is 2.12 bits per heavy atom. The van der Waals surface area contributed by atoms with Crippen molar-refractivity contribution in [3.8, 4) is 0 Å². The summed E-state index contributed by atoms with van der Waals surface area (Å²) in [5, 5.41) is 0. The van der Waals surface area contributed by atoms with Crippen LogP contribution in [0.1, 0.15) is 26.2 Å². The molecule has 1 aromatic heterocycles. The SMILES string of the molecule is CCCCn1cc[n+](CCCP(=O)(O)O)c1. The molecule has 0 saturated heterocycles. The van der Waals surface area contributed by atoms with Crippen LogP contribution in [0.15, 0.2) is 18.7 Å². The van der Waals surface area contributed by atoms with E-state index in [9.17, 15) is 4.57 Å². The van der Waals surface area contributed by atoms with Gasteiger partial charge in [0.2, 0.25) is 6.33 Å². The summed E-state index contributed by atoms with van der Waals surface area (Å²) in [4.78, 5) is 17.4. The summed E-state index contributed by atoms with van der Waals surface area (Å²) in [5.74, 6) is 0. The Bertz CT molecular complexity index is 359. The average molecular weight is 247 g/mol. The zero-order valence-corrected chi connectivity index (χ0v) is 10.5. The molecule has 0 fully saturated rings. The van der Waals surface area contributed by atoms with Crippen molar-refractivity contribution >= 4 is 7.60 Å². The molecule has 0 unspecified atom stereocenters. The minimum Gasteiger partial charge on any atom is -0.324 e. The van der Waals surface area contributed by atoms with E-state index >= 15 is 0 Å². The topological polar surface area (TPSA) is 66.3 Å². The summed E-state index contributed by atoms with van der Waals surface area (Å²) in [6.45, 7) is 3.81. The van der Waals surface area contributed by atoms with Gasteiger partial charge in [-0.3, -0.25) is 4.57 Å². The van der Waals surface area contributed by atoms with Gasteiger partial charge >= 0.3 is 7.60 Å². The summed E-state index contributed by atoms with van der Waals surface area (Å²) >= 11 is 0. The Kier molecular flexibility index (Phi) is 5.19. The summed E-state index contributed by atoms with van der Waals surface area (Å²) < 4.78 is 14.7. The molecule has 0 bridgehead atoms. The van der Waals surface area contributed by atoms with E-state index in [1.54, 1.807) is 0 Å². The Labute approximate surface area is 95.9 Å². The average Bonchev–Trinajstić information content (AvgIpc) is 2.61. The van der Waals surface area contributed by atoms with Crippen molar-refractivity contribution in [2.24, 2.45) is 0 Å². The van der Waals surface area contributed by atoms with Gasteiger partial charge in [0.25, 0.3) is 0 Å². The third kappa shape index (κ3) is 5.45. The molecule has 2 N–H and O–H groups in total. The zero-order chi connectivity index (χ0) is 12.0. The van der Waals surface area contributed by atoms with Crippen LogP contribution in [0.3, 0.4) is 0 Å². The van der Waals surface area contributed by atoms with Gasteiger partial charge in [-0.2, -0.15) is 0 Å². The first-order valence-electron chi connectivity index (χ1n) is 5.60. The van der Waals surface area contributed by atoms with E-state index < -0.39 is 7.60 Å². The van der Waals surface area contributed by atoms with Gasteiger partial charge in [-0.15, -0.1) is 0 Å². The molecule has 1 aromatic rings. The molecule has 0 atom stereocenters. The van der Waals surface area contributed by atoms with Crippen molar-refractivity contribution < 1.29 is 18.9 Å². The minimum absolute atomic E-state index is 0.0415. The van der Waals surface area contributed by atoms with E-state index in [1.807, 2.05) is 23.3 Å². The highest BCUT2D eigenvalue weighted by atomic mass is 31.2. The molecule has 0 spiro atoms. The molecule has 0 aliphatic heterocycles. The fraction of sp³-hybridized carbons (Fsp3) is 0.700. The quantitative estimate of drug-likeness (QED) is 0.561. The van der Waals surface area contributed by atoms with Gasteiger partial charge in [-0.1, -0.05) is 13.3 Å². The lowest BCUT2D eigenvalue weighted by Crippen LogP contribution is -2.31. The van der Waals surface area contributed by atoms with Crippen molar-refractivity contribution in [2.45, 2.75) is 39.3 Å². The standard InChI is InChI=1S/C10H19N2O3P/c1-2-3-5-11-7-8-12(10-11)6-4-9-16(13,14)15/h7-8,10H,2-6,9H2,1H3,(H-,13,14,15)/p+1. The van der Waals surface area contributed by atoms with E-state index in [0.717, 1.165) is 19.4 Å². The molecule has 0 aliphatic carbocycles. The van der Waals surface area contributed by atoms with Crippen LogP contribution < -0.4 is 4.57 Å². The smallest absolute Gasteiger partial charge is 0.324 e. The third-order valence-electron chi connectivity index (χ3n) is 2.38. The predicted molar refractivity (Wildman–Crippen MR) is 61.1 cm³/mol. The maximum absolute atomic E-state index is 10.6. The first-order chi connectivity index (χ1) is 7.51. The molecular weight excluding hydrogens is 227 g/mol. The third-order valence-corrected chi connectivity index (χ3v) is 3.28. The van der Waals surface area contributed by atoms with Crippen LogP contribution in [0.5, 0.6) is 0 Å². The highest BCUT2D eigenvalue weighted by Gasteiger charge is 2.13. The van der Waals surface area contributed by atoms with Gasteiger partial charge in [0.15, 0.2) is 0 Å². The molecule has 6 heteroatoms. The number of unbranched alkanes of at least 4 members (excludes halogenated alkanes) is 1. The van der Waals surface area contributed by atoms with Crippen molar-refractivity contribution in [1.29, 1.82) is 0 Å². The van der Waals surface area contributed by atoms with Gasteiger partial charge in [-0.25, -0.2) is 9.13 Å². The lowest BCUT2D eigenvalue weighted by atomic mass is 10.3. The number of nitrogens with zero attached hydrogens (tertiary/aromatic N) is 2. The molecule has 0 saturated carbocycles. The molecule has 0 amide bonds. The highest BCUT2D eigenvalue weighted by Crippen LogP contribution is 2.34. The van der Waals surface area contributed by atoms with Crippen LogP contribution >= 0.6 is 7.60 Å². The van der Waals surface area contributed by atoms with Gasteiger partial charge in [0.05, 0.1) is 19.3 Å². The van der Waals surface area contributed by atoms with E-state index in [2.05, 4.69) is 11.5 Å². The Morgan fingerprint density at radius 1 is 1.38 bits per heavy atom. The predicted octanol–water partition coefficient (Wildman–Crippen LogP) is 1.14. The molecular formula is C10H20N2O3P+. The van der Waals surface area contributed by atoms with Gasteiger partial charge < -0.3 is 9.79 Å². The van der Waals surface area contributed by atoms with Crippen molar-refractivity contribution in [3.63, 3.8) is 0 Å². The molecule has 5 nitrogen and oxygen atoms in total. The first kappa shape index (κ1) is 13.4. The summed E-state index contributed by atoms with van der Waals surface area (Å²) in [6.07, 6.45) is 8.69. The monoisotopic (exact) mass is 247 g/mol. The van der Waals surface area contributed by atoms with E-state index in [0.29, 0.717) is 13.0 Å². The van der Waals surface area contributed by atoms with Gasteiger partial charge in [0, 0.05) is 0 Å². The number of aryl methyl sites for hydroxylation is 2. The number of aromatic nitrogens is 2. The fourth-order valence-corrected chi connectivity index (χ4v) is 2.06. The second-order valence-corrected chi connectivity index (χ2v) is 5.76. The summed E-state index contributed by atoms with van der Waals surface area (Å²) in [7, 11) is -3.83. The van der Waals surface area contributed by atoms with Crippen LogP contribution in [-0.2, 0) is 17.7 Å². The molecule has 1 rings (SSSR count). The van der Waals surface area contributed by atoms with E-state index in [-0.39, 0.29) is 6.16 Å². The minimum atomic E-state index is -3.83. The summed E-state index contributed by atoms with van der Waals surface area (Å²) in [5.41, 5.74) is 0. The number of hydrogen-bond acceptors (Lipinski definition) is 1. The Hall–Kier alpha value is -0.640. The molecule has 92 valence electrons. The lowest BCUT2D eigenvalue weighted by Gasteiger charge is -2.01. The molecule has 0 aliphatic rings. The second kappa shape index (κ2) is 6.18. The van der Waals surface area contributed by atoms with Crippen LogP contribution in [0.4, 0.5) is 0 Å². The van der Waals surface area contributed by atoms with E-state index in [4.69, 9.17) is 9.79 Å². The van der Waals surface area contributed by atoms with Crippen molar-refractivity contribution in [2.75, 3.05) is 6.16 Å².